The molecule has 1 heterocycles. The summed E-state index contributed by atoms with van der Waals surface area (Å²) in [5.41, 5.74) is 1.29. The molecular formula is C16H23N3O. The van der Waals surface area contributed by atoms with Crippen LogP contribution in [0.25, 0.3) is 0 Å². The van der Waals surface area contributed by atoms with Crippen molar-refractivity contribution >= 4 is 11.6 Å². The average molecular weight is 273 g/mol. The van der Waals surface area contributed by atoms with E-state index in [1.807, 2.05) is 6.07 Å². The zero-order valence-electron chi connectivity index (χ0n) is 11.9. The van der Waals surface area contributed by atoms with Crippen molar-refractivity contribution in [3.05, 3.63) is 43.0 Å². The highest BCUT2D eigenvalue weighted by atomic mass is 16.1. The molecule has 1 saturated heterocycles. The summed E-state index contributed by atoms with van der Waals surface area (Å²) >= 11 is 0. The summed E-state index contributed by atoms with van der Waals surface area (Å²) in [4.78, 5) is 16.3. The summed E-state index contributed by atoms with van der Waals surface area (Å²) in [6.07, 6.45) is 2.27. The van der Waals surface area contributed by atoms with Crippen molar-refractivity contribution in [3.63, 3.8) is 0 Å². The number of piperazine rings is 1. The van der Waals surface area contributed by atoms with Crippen molar-refractivity contribution in [2.75, 3.05) is 44.2 Å². The molecule has 0 unspecified atom stereocenters. The average Bonchev–Trinajstić information content (AvgIpc) is 2.52. The Balaban J connectivity index is 1.69. The van der Waals surface area contributed by atoms with Gasteiger partial charge in [0.25, 0.3) is 0 Å². The van der Waals surface area contributed by atoms with Gasteiger partial charge in [-0.15, -0.1) is 6.58 Å². The molecule has 1 aliphatic heterocycles. The summed E-state index contributed by atoms with van der Waals surface area (Å²) in [6, 6.07) is 10.5. The Morgan fingerprint density at radius 2 is 1.90 bits per heavy atom. The molecule has 1 aliphatic rings. The molecule has 0 aromatic heterocycles. The highest BCUT2D eigenvalue weighted by Gasteiger charge is 2.17. The van der Waals surface area contributed by atoms with Gasteiger partial charge in [-0.2, -0.15) is 0 Å². The number of rotatable bonds is 6. The van der Waals surface area contributed by atoms with E-state index >= 15 is 0 Å². The standard InChI is InChI=1S/C16H23N3O/c1-2-9-17-16(20)8-10-18-11-13-19(14-12-18)15-6-4-3-5-7-15/h2-7H,1,8-14H2,(H,17,20). The van der Waals surface area contributed by atoms with Gasteiger partial charge in [-0.3, -0.25) is 9.69 Å². The monoisotopic (exact) mass is 273 g/mol. The van der Waals surface area contributed by atoms with Crippen molar-refractivity contribution in [3.8, 4) is 0 Å². The molecule has 4 nitrogen and oxygen atoms in total. The summed E-state index contributed by atoms with van der Waals surface area (Å²) in [5, 5.41) is 2.81. The minimum atomic E-state index is 0.107. The van der Waals surface area contributed by atoms with Gasteiger partial charge in [-0.1, -0.05) is 24.3 Å². The van der Waals surface area contributed by atoms with Crippen LogP contribution in [0.5, 0.6) is 0 Å². The number of amides is 1. The third-order valence-corrected chi connectivity index (χ3v) is 3.59. The molecule has 0 atom stereocenters. The van der Waals surface area contributed by atoms with E-state index in [1.165, 1.54) is 5.69 Å². The maximum Gasteiger partial charge on any atom is 0.221 e. The van der Waals surface area contributed by atoms with Gasteiger partial charge in [0.1, 0.15) is 0 Å². The van der Waals surface area contributed by atoms with E-state index in [-0.39, 0.29) is 5.91 Å². The zero-order valence-corrected chi connectivity index (χ0v) is 11.9. The first-order valence-electron chi connectivity index (χ1n) is 7.19. The van der Waals surface area contributed by atoms with Gasteiger partial charge in [0.15, 0.2) is 0 Å². The van der Waals surface area contributed by atoms with E-state index in [4.69, 9.17) is 0 Å². The number of nitrogens with one attached hydrogen (secondary N) is 1. The van der Waals surface area contributed by atoms with Crippen LogP contribution < -0.4 is 10.2 Å². The Hall–Kier alpha value is -1.81. The molecule has 0 saturated carbocycles. The zero-order chi connectivity index (χ0) is 14.2. The molecule has 4 heteroatoms. The molecule has 108 valence electrons. The van der Waals surface area contributed by atoms with E-state index in [9.17, 15) is 4.79 Å². The second-order valence-electron chi connectivity index (χ2n) is 5.01. The number of hydrogen-bond acceptors (Lipinski definition) is 3. The second-order valence-corrected chi connectivity index (χ2v) is 5.01. The lowest BCUT2D eigenvalue weighted by Crippen LogP contribution is -2.47. The topological polar surface area (TPSA) is 35.6 Å². The number of anilines is 1. The minimum absolute atomic E-state index is 0.107. The highest BCUT2D eigenvalue weighted by Crippen LogP contribution is 2.15. The van der Waals surface area contributed by atoms with Crippen molar-refractivity contribution < 1.29 is 4.79 Å². The Morgan fingerprint density at radius 3 is 2.55 bits per heavy atom. The predicted molar refractivity (Wildman–Crippen MR) is 82.9 cm³/mol. The second kappa shape index (κ2) is 7.70. The van der Waals surface area contributed by atoms with Gasteiger partial charge >= 0.3 is 0 Å². The van der Waals surface area contributed by atoms with E-state index in [0.29, 0.717) is 13.0 Å². The molecule has 0 radical (unpaired) electrons. The molecule has 1 aromatic rings. The first-order valence-corrected chi connectivity index (χ1v) is 7.19. The van der Waals surface area contributed by atoms with Crippen LogP contribution >= 0.6 is 0 Å². The summed E-state index contributed by atoms with van der Waals surface area (Å²) < 4.78 is 0. The maximum absolute atomic E-state index is 11.5. The molecule has 0 bridgehead atoms. The molecule has 1 aromatic carbocycles. The fourth-order valence-corrected chi connectivity index (χ4v) is 2.40. The lowest BCUT2D eigenvalue weighted by molar-refractivity contribution is -0.121. The Kier molecular flexibility index (Phi) is 5.62. The largest absolute Gasteiger partial charge is 0.369 e. The van der Waals surface area contributed by atoms with Crippen LogP contribution in [0.2, 0.25) is 0 Å². The Labute approximate surface area is 121 Å². The Bertz CT molecular complexity index is 425. The van der Waals surface area contributed by atoms with Crippen LogP contribution in [0.3, 0.4) is 0 Å². The fourth-order valence-electron chi connectivity index (χ4n) is 2.40. The SMILES string of the molecule is C=CCNC(=O)CCN1CCN(c2ccccc2)CC1. The number of nitrogens with zero attached hydrogens (tertiary/aromatic N) is 2. The first-order chi connectivity index (χ1) is 9.79. The number of carbonyl (C=O) groups excluding carboxylic acids is 1. The van der Waals surface area contributed by atoms with Crippen molar-refractivity contribution in [1.29, 1.82) is 0 Å². The molecule has 1 fully saturated rings. The van der Waals surface area contributed by atoms with Crippen molar-refractivity contribution in [2.45, 2.75) is 6.42 Å². The quantitative estimate of drug-likeness (QED) is 0.798. The van der Waals surface area contributed by atoms with Crippen LogP contribution in [0.4, 0.5) is 5.69 Å². The van der Waals surface area contributed by atoms with Gasteiger partial charge in [-0.25, -0.2) is 0 Å². The van der Waals surface area contributed by atoms with Gasteiger partial charge in [0.05, 0.1) is 0 Å². The lowest BCUT2D eigenvalue weighted by atomic mass is 10.2. The fraction of sp³-hybridized carbons (Fsp3) is 0.438. The lowest BCUT2D eigenvalue weighted by Gasteiger charge is -2.36. The summed E-state index contributed by atoms with van der Waals surface area (Å²) in [5.74, 6) is 0.107. The normalized spacial score (nSPS) is 15.9. The van der Waals surface area contributed by atoms with Crippen LogP contribution in [0.1, 0.15) is 6.42 Å². The molecule has 20 heavy (non-hydrogen) atoms. The molecule has 0 spiro atoms. The maximum atomic E-state index is 11.5. The first kappa shape index (κ1) is 14.6. The molecule has 1 N–H and O–H groups in total. The van der Waals surface area contributed by atoms with E-state index in [0.717, 1.165) is 32.7 Å². The molecule has 1 amide bonds. The number of hydrogen-bond donors (Lipinski definition) is 1. The minimum Gasteiger partial charge on any atom is -0.369 e. The number of para-hydroxylation sites is 1. The summed E-state index contributed by atoms with van der Waals surface area (Å²) in [7, 11) is 0. The third-order valence-electron chi connectivity index (χ3n) is 3.59. The number of carbonyl (C=O) groups is 1. The van der Waals surface area contributed by atoms with Gasteiger partial charge < -0.3 is 10.2 Å². The van der Waals surface area contributed by atoms with Gasteiger partial charge in [0.2, 0.25) is 5.91 Å². The van der Waals surface area contributed by atoms with E-state index < -0.39 is 0 Å². The number of benzene rings is 1. The molecule has 2 rings (SSSR count). The van der Waals surface area contributed by atoms with Gasteiger partial charge in [0, 0.05) is 51.4 Å². The van der Waals surface area contributed by atoms with E-state index in [1.54, 1.807) is 6.08 Å². The van der Waals surface area contributed by atoms with Gasteiger partial charge in [-0.05, 0) is 12.1 Å². The summed E-state index contributed by atoms with van der Waals surface area (Å²) in [6.45, 7) is 9.07. The van der Waals surface area contributed by atoms with Crippen LogP contribution in [-0.4, -0.2) is 50.1 Å². The molecule has 0 aliphatic carbocycles. The van der Waals surface area contributed by atoms with Crippen LogP contribution in [0, 0.1) is 0 Å². The molecular weight excluding hydrogens is 250 g/mol. The third kappa shape index (κ3) is 4.38. The Morgan fingerprint density at radius 1 is 1.20 bits per heavy atom. The van der Waals surface area contributed by atoms with Crippen LogP contribution in [0.15, 0.2) is 43.0 Å². The predicted octanol–water partition coefficient (Wildman–Crippen LogP) is 1.50. The highest BCUT2D eigenvalue weighted by molar-refractivity contribution is 5.76. The van der Waals surface area contributed by atoms with Crippen molar-refractivity contribution in [1.82, 2.24) is 10.2 Å². The van der Waals surface area contributed by atoms with Crippen molar-refractivity contribution in [2.24, 2.45) is 0 Å². The van der Waals surface area contributed by atoms with E-state index in [2.05, 4.69) is 46.0 Å². The smallest absolute Gasteiger partial charge is 0.221 e. The van der Waals surface area contributed by atoms with Crippen LogP contribution in [-0.2, 0) is 4.79 Å².